The molecule has 0 aliphatic carbocycles. The molecule has 30 heavy (non-hydrogen) atoms. The summed E-state index contributed by atoms with van der Waals surface area (Å²) in [7, 11) is 0. The number of Topliss-reactive ketones (excluding diaryl/α,β-unsaturated/α-hetero) is 1. The molecule has 2 aromatic rings. The van der Waals surface area contributed by atoms with Gasteiger partial charge in [0.15, 0.2) is 5.78 Å². The van der Waals surface area contributed by atoms with Crippen LogP contribution in [0.4, 0.5) is 14.5 Å². The van der Waals surface area contributed by atoms with Gasteiger partial charge in [0.2, 0.25) is 5.91 Å². The Morgan fingerprint density at radius 2 is 1.90 bits per heavy atom. The molecule has 1 heterocycles. The van der Waals surface area contributed by atoms with Crippen molar-refractivity contribution in [3.63, 3.8) is 0 Å². The summed E-state index contributed by atoms with van der Waals surface area (Å²) >= 11 is 8.22. The summed E-state index contributed by atoms with van der Waals surface area (Å²) in [5.41, 5.74) is -2.25. The summed E-state index contributed by atoms with van der Waals surface area (Å²) in [5.74, 6) is -0.480. The number of hydrogen-bond donors (Lipinski definition) is 1. The Bertz CT molecular complexity index is 990. The van der Waals surface area contributed by atoms with Crippen LogP contribution >= 0.6 is 27.5 Å². The first-order valence-corrected chi connectivity index (χ1v) is 10.3. The maximum atomic E-state index is 12.8. The number of aliphatic hydroxyl groups is 1. The van der Waals surface area contributed by atoms with Crippen LogP contribution in [0.15, 0.2) is 40.9 Å². The minimum absolute atomic E-state index is 0.0279. The van der Waals surface area contributed by atoms with Gasteiger partial charge in [-0.1, -0.05) is 28.1 Å². The lowest BCUT2D eigenvalue weighted by Gasteiger charge is -2.19. The maximum Gasteiger partial charge on any atom is 0.487 e. The van der Waals surface area contributed by atoms with E-state index in [9.17, 15) is 23.5 Å². The molecular weight excluding hydrogens is 484 g/mol. The first kappa shape index (κ1) is 22.7. The van der Waals surface area contributed by atoms with Crippen LogP contribution in [0.25, 0.3) is 0 Å². The van der Waals surface area contributed by atoms with Gasteiger partial charge in [-0.15, -0.1) is 8.78 Å². The average Bonchev–Trinajstić information content (AvgIpc) is 2.83. The molecule has 0 spiro atoms. The summed E-state index contributed by atoms with van der Waals surface area (Å²) in [6.45, 7) is 3.52. The van der Waals surface area contributed by atoms with Crippen LogP contribution in [0.2, 0.25) is 0 Å². The molecule has 1 N–H and O–H groups in total. The van der Waals surface area contributed by atoms with Crippen LogP contribution in [-0.2, 0) is 16.6 Å². The highest BCUT2D eigenvalue weighted by Gasteiger charge is 2.45. The van der Waals surface area contributed by atoms with Gasteiger partial charge in [-0.25, -0.2) is 0 Å². The molecular formula is C21H19BrClF2NO4. The second kappa shape index (κ2) is 8.24. The third-order valence-corrected chi connectivity index (χ3v) is 5.63. The number of carbonyl (C=O) groups is 2. The van der Waals surface area contributed by atoms with Gasteiger partial charge in [-0.3, -0.25) is 9.59 Å². The van der Waals surface area contributed by atoms with E-state index in [0.717, 1.165) is 5.56 Å². The number of ether oxygens (including phenoxy) is 1. The maximum absolute atomic E-state index is 12.8. The second-order valence-electron chi connectivity index (χ2n) is 7.45. The SMILES string of the molecule is CC1(C)C(=O)N(CCO)c2cc(C(=O)Cc3ccc(OC(F)(F)Cl)cc3)cc(Br)c21. The van der Waals surface area contributed by atoms with Gasteiger partial charge >= 0.3 is 5.57 Å². The Labute approximate surface area is 185 Å². The van der Waals surface area contributed by atoms with Crippen molar-refractivity contribution in [2.24, 2.45) is 0 Å². The first-order valence-electron chi connectivity index (χ1n) is 9.09. The van der Waals surface area contributed by atoms with Gasteiger partial charge in [-0.2, -0.15) is 0 Å². The van der Waals surface area contributed by atoms with Crippen molar-refractivity contribution in [3.8, 4) is 5.75 Å². The Morgan fingerprint density at radius 1 is 1.27 bits per heavy atom. The molecule has 0 unspecified atom stereocenters. The van der Waals surface area contributed by atoms with Crippen molar-refractivity contribution in [1.82, 2.24) is 0 Å². The van der Waals surface area contributed by atoms with E-state index in [1.54, 1.807) is 26.0 Å². The standard InChI is InChI=1S/C21H19BrClF2NO4/c1-20(2)18-15(22)10-13(11-16(18)26(7-8-27)19(20)29)17(28)9-12-3-5-14(6-4-12)30-21(23,24)25/h3-6,10-11,27H,7-9H2,1-2H3. The lowest BCUT2D eigenvalue weighted by Crippen LogP contribution is -2.37. The highest BCUT2D eigenvalue weighted by Crippen LogP contribution is 2.46. The van der Waals surface area contributed by atoms with Crippen LogP contribution in [0, 0.1) is 0 Å². The Hall–Kier alpha value is -2.03. The molecule has 0 atom stereocenters. The lowest BCUT2D eigenvalue weighted by molar-refractivity contribution is -0.122. The summed E-state index contributed by atoms with van der Waals surface area (Å²) in [4.78, 5) is 27.1. The highest BCUT2D eigenvalue weighted by molar-refractivity contribution is 9.10. The summed E-state index contributed by atoms with van der Waals surface area (Å²) in [5, 5.41) is 9.34. The quantitative estimate of drug-likeness (QED) is 0.442. The van der Waals surface area contributed by atoms with Gasteiger partial charge in [0.25, 0.3) is 0 Å². The Kier molecular flexibility index (Phi) is 6.23. The zero-order valence-electron chi connectivity index (χ0n) is 16.2. The van der Waals surface area contributed by atoms with Gasteiger partial charge in [0.1, 0.15) is 5.75 Å². The monoisotopic (exact) mass is 501 g/mol. The fourth-order valence-corrected chi connectivity index (χ4v) is 4.59. The normalized spacial score (nSPS) is 15.3. The molecule has 0 fully saturated rings. The minimum atomic E-state index is -3.81. The predicted octanol–water partition coefficient (Wildman–Crippen LogP) is 4.66. The topological polar surface area (TPSA) is 66.8 Å². The molecule has 3 rings (SSSR count). The number of hydrogen-bond acceptors (Lipinski definition) is 4. The van der Waals surface area contributed by atoms with E-state index in [1.165, 1.54) is 29.2 Å². The van der Waals surface area contributed by atoms with E-state index in [4.69, 9.17) is 11.6 Å². The smallest absolute Gasteiger partial charge is 0.420 e. The number of carbonyl (C=O) groups excluding carboxylic acids is 2. The van der Waals surface area contributed by atoms with E-state index in [1.807, 2.05) is 0 Å². The number of halogens is 4. The molecule has 1 aliphatic rings. The molecule has 0 aromatic heterocycles. The van der Waals surface area contributed by atoms with E-state index >= 15 is 0 Å². The van der Waals surface area contributed by atoms with Gasteiger partial charge in [0, 0.05) is 45.9 Å². The molecule has 0 saturated heterocycles. The number of alkyl halides is 3. The van der Waals surface area contributed by atoms with Crippen molar-refractivity contribution in [2.45, 2.75) is 31.3 Å². The molecule has 1 amide bonds. The predicted molar refractivity (Wildman–Crippen MR) is 113 cm³/mol. The van der Waals surface area contributed by atoms with Crippen LogP contribution in [0.3, 0.4) is 0 Å². The van der Waals surface area contributed by atoms with E-state index < -0.39 is 11.0 Å². The number of anilines is 1. The molecule has 5 nitrogen and oxygen atoms in total. The second-order valence-corrected chi connectivity index (χ2v) is 8.74. The third kappa shape index (κ3) is 4.50. The summed E-state index contributed by atoms with van der Waals surface area (Å²) in [6.07, 6.45) is 0.0279. The Morgan fingerprint density at radius 3 is 2.47 bits per heavy atom. The van der Waals surface area contributed by atoms with Crippen molar-refractivity contribution in [2.75, 3.05) is 18.1 Å². The molecule has 1 aliphatic heterocycles. The largest absolute Gasteiger partial charge is 0.487 e. The van der Waals surface area contributed by atoms with Gasteiger partial charge in [-0.05, 0) is 43.7 Å². The number of fused-ring (bicyclic) bond motifs is 1. The first-order chi connectivity index (χ1) is 13.9. The number of rotatable bonds is 7. The number of aliphatic hydroxyl groups excluding tert-OH is 1. The van der Waals surface area contributed by atoms with Crippen LogP contribution in [0.1, 0.15) is 35.3 Å². The van der Waals surface area contributed by atoms with Gasteiger partial charge < -0.3 is 14.7 Å². The number of benzene rings is 2. The van der Waals surface area contributed by atoms with E-state index in [2.05, 4.69) is 20.7 Å². The van der Waals surface area contributed by atoms with Crippen molar-refractivity contribution < 1.29 is 28.2 Å². The molecule has 2 aromatic carbocycles. The third-order valence-electron chi connectivity index (χ3n) is 4.93. The summed E-state index contributed by atoms with van der Waals surface area (Å²) < 4.78 is 30.3. The fourth-order valence-electron chi connectivity index (χ4n) is 3.56. The zero-order valence-corrected chi connectivity index (χ0v) is 18.6. The zero-order chi connectivity index (χ0) is 22.3. The van der Waals surface area contributed by atoms with Crippen molar-refractivity contribution >= 4 is 44.9 Å². The number of amides is 1. The Balaban J connectivity index is 1.86. The number of nitrogens with zero attached hydrogens (tertiary/aromatic N) is 1. The summed E-state index contributed by atoms with van der Waals surface area (Å²) in [6, 6.07) is 8.94. The molecule has 0 bridgehead atoms. The van der Waals surface area contributed by atoms with Crippen LogP contribution in [-0.4, -0.2) is 35.5 Å². The van der Waals surface area contributed by atoms with Crippen LogP contribution < -0.4 is 9.64 Å². The molecule has 9 heteroatoms. The fraction of sp³-hybridized carbons (Fsp3) is 0.333. The average molecular weight is 503 g/mol. The van der Waals surface area contributed by atoms with Crippen molar-refractivity contribution in [1.29, 1.82) is 0 Å². The number of β-amino-alcohol motifs (C(OH)–C–C–N with tert-alkyl or cyclic N) is 1. The minimum Gasteiger partial charge on any atom is -0.420 e. The lowest BCUT2D eigenvalue weighted by atomic mass is 9.85. The van der Waals surface area contributed by atoms with Crippen LogP contribution in [0.5, 0.6) is 5.75 Å². The number of ketones is 1. The van der Waals surface area contributed by atoms with E-state index in [0.29, 0.717) is 21.3 Å². The molecule has 0 saturated carbocycles. The van der Waals surface area contributed by atoms with E-state index in [-0.39, 0.29) is 37.0 Å². The van der Waals surface area contributed by atoms with Gasteiger partial charge in [0.05, 0.1) is 12.0 Å². The molecule has 160 valence electrons. The van der Waals surface area contributed by atoms with Crippen molar-refractivity contribution in [3.05, 3.63) is 57.6 Å². The highest BCUT2D eigenvalue weighted by atomic mass is 79.9. The molecule has 0 radical (unpaired) electrons.